The molecule has 4 aliphatic carbocycles. The van der Waals surface area contributed by atoms with Gasteiger partial charge in [0.25, 0.3) is 0 Å². The molecular weight excluding hydrogens is 472 g/mol. The number of hydrogen-bond acceptors (Lipinski definition) is 2. The number of aromatic nitrogens is 2. The Morgan fingerprint density at radius 2 is 1.67 bits per heavy atom. The molecule has 3 fully saturated rings. The fourth-order valence-electron chi connectivity index (χ4n) is 11.0. The molecule has 3 saturated carbocycles. The maximum absolute atomic E-state index is 5.50. The van der Waals surface area contributed by atoms with E-state index in [4.69, 9.17) is 9.97 Å². The van der Waals surface area contributed by atoms with Gasteiger partial charge in [0.15, 0.2) is 0 Å². The summed E-state index contributed by atoms with van der Waals surface area (Å²) in [5.41, 5.74) is 6.13. The Kier molecular flexibility index (Phi) is 6.37. The Morgan fingerprint density at radius 1 is 0.846 bits per heavy atom. The maximum Gasteiger partial charge on any atom is 0.0968 e. The highest BCUT2D eigenvalue weighted by molar-refractivity contribution is 6.02. The van der Waals surface area contributed by atoms with Crippen molar-refractivity contribution in [3.63, 3.8) is 0 Å². The largest absolute Gasteiger partial charge is 0.254 e. The summed E-state index contributed by atoms with van der Waals surface area (Å²) in [5, 5.41) is 2.48. The summed E-state index contributed by atoms with van der Waals surface area (Å²) >= 11 is 0. The molecule has 0 saturated heterocycles. The number of pyridine rings is 2. The number of aryl methyl sites for hydroxylation is 1. The van der Waals surface area contributed by atoms with Crippen molar-refractivity contribution < 1.29 is 0 Å². The molecular formula is C37H50N2. The average molecular weight is 523 g/mol. The van der Waals surface area contributed by atoms with Crippen LogP contribution in [0.4, 0.5) is 0 Å². The minimum absolute atomic E-state index is 0.400. The van der Waals surface area contributed by atoms with Gasteiger partial charge in [-0.05, 0) is 115 Å². The van der Waals surface area contributed by atoms with Gasteiger partial charge in [-0.25, -0.2) is 4.98 Å². The number of hydrogen-bond donors (Lipinski definition) is 0. The first-order valence-corrected chi connectivity index (χ1v) is 16.5. The zero-order valence-corrected chi connectivity index (χ0v) is 25.2. The van der Waals surface area contributed by atoms with Gasteiger partial charge in [-0.1, -0.05) is 72.1 Å². The van der Waals surface area contributed by atoms with Crippen LogP contribution in [0.2, 0.25) is 0 Å². The summed E-state index contributed by atoms with van der Waals surface area (Å²) in [6.45, 7) is 12.8. The Bertz CT molecular complexity index is 1370. The zero-order chi connectivity index (χ0) is 26.9. The third kappa shape index (κ3) is 4.01. The summed E-state index contributed by atoms with van der Waals surface area (Å²) < 4.78 is 0. The van der Waals surface area contributed by atoms with E-state index in [0.717, 1.165) is 46.5 Å². The molecule has 2 aromatic heterocycles. The van der Waals surface area contributed by atoms with Crippen molar-refractivity contribution in [3.05, 3.63) is 47.8 Å². The predicted molar refractivity (Wildman–Crippen MR) is 164 cm³/mol. The molecule has 2 nitrogen and oxygen atoms in total. The van der Waals surface area contributed by atoms with Gasteiger partial charge >= 0.3 is 0 Å². The van der Waals surface area contributed by atoms with Crippen LogP contribution in [-0.2, 0) is 6.42 Å². The van der Waals surface area contributed by atoms with E-state index in [9.17, 15) is 0 Å². The van der Waals surface area contributed by atoms with Gasteiger partial charge in [-0.3, -0.25) is 4.98 Å². The second-order valence-electron chi connectivity index (χ2n) is 15.3. The number of benzene rings is 1. The van der Waals surface area contributed by atoms with Gasteiger partial charge in [-0.2, -0.15) is 0 Å². The molecule has 1 aromatic carbocycles. The van der Waals surface area contributed by atoms with E-state index in [-0.39, 0.29) is 0 Å². The summed E-state index contributed by atoms with van der Waals surface area (Å²) in [7, 11) is 0. The van der Waals surface area contributed by atoms with Gasteiger partial charge in [0.05, 0.1) is 11.0 Å². The quantitative estimate of drug-likeness (QED) is 0.311. The van der Waals surface area contributed by atoms with Crippen molar-refractivity contribution in [1.82, 2.24) is 9.97 Å². The first-order chi connectivity index (χ1) is 18.8. The molecule has 2 heteroatoms. The van der Waals surface area contributed by atoms with Crippen LogP contribution in [0.3, 0.4) is 0 Å². The van der Waals surface area contributed by atoms with Gasteiger partial charge < -0.3 is 0 Å². The van der Waals surface area contributed by atoms with Crippen molar-refractivity contribution in [3.8, 4) is 0 Å². The third-order valence-corrected chi connectivity index (χ3v) is 13.0. The molecule has 0 N–H and O–H groups in total. The van der Waals surface area contributed by atoms with E-state index >= 15 is 0 Å². The van der Waals surface area contributed by atoms with Gasteiger partial charge in [0.1, 0.15) is 0 Å². The monoisotopic (exact) mass is 522 g/mol. The topological polar surface area (TPSA) is 25.8 Å². The van der Waals surface area contributed by atoms with Crippen LogP contribution in [0.15, 0.2) is 36.5 Å². The molecule has 0 radical (unpaired) electrons. The summed E-state index contributed by atoms with van der Waals surface area (Å²) in [6, 6.07) is 11.2. The van der Waals surface area contributed by atoms with E-state index in [1.165, 1.54) is 92.7 Å². The lowest BCUT2D eigenvalue weighted by Gasteiger charge is -2.60. The summed E-state index contributed by atoms with van der Waals surface area (Å²) in [6.07, 6.45) is 17.4. The normalized spacial score (nSPS) is 36.4. The first kappa shape index (κ1) is 26.0. The van der Waals surface area contributed by atoms with Crippen LogP contribution in [0.1, 0.15) is 116 Å². The van der Waals surface area contributed by atoms with E-state index in [1.54, 1.807) is 0 Å². The number of nitrogens with zero attached hydrogens (tertiary/aromatic N) is 2. The Labute approximate surface area is 236 Å². The minimum atomic E-state index is 0.400. The van der Waals surface area contributed by atoms with Crippen LogP contribution in [0, 0.1) is 46.3 Å². The van der Waals surface area contributed by atoms with Gasteiger partial charge in [0, 0.05) is 28.6 Å². The van der Waals surface area contributed by atoms with Gasteiger partial charge in [-0.15, -0.1) is 0 Å². The fraction of sp³-hybridized carbons (Fsp3) is 0.676. The molecule has 208 valence electrons. The minimum Gasteiger partial charge on any atom is -0.254 e. The van der Waals surface area contributed by atoms with Crippen molar-refractivity contribution >= 4 is 21.8 Å². The Hall–Kier alpha value is -1.96. The van der Waals surface area contributed by atoms with E-state index < -0.39 is 0 Å². The van der Waals surface area contributed by atoms with Crippen molar-refractivity contribution in [1.29, 1.82) is 0 Å². The lowest BCUT2D eigenvalue weighted by atomic mass is 9.44. The molecule has 0 unspecified atom stereocenters. The van der Waals surface area contributed by atoms with Gasteiger partial charge in [0.2, 0.25) is 0 Å². The molecule has 0 amide bonds. The Balaban J connectivity index is 1.17. The average Bonchev–Trinajstić information content (AvgIpc) is 3.29. The van der Waals surface area contributed by atoms with Crippen LogP contribution in [0.5, 0.6) is 0 Å². The second-order valence-corrected chi connectivity index (χ2v) is 15.3. The van der Waals surface area contributed by atoms with Crippen LogP contribution < -0.4 is 0 Å². The highest BCUT2D eigenvalue weighted by atomic mass is 14.8. The fourth-order valence-corrected chi connectivity index (χ4v) is 11.0. The molecule has 39 heavy (non-hydrogen) atoms. The van der Waals surface area contributed by atoms with Crippen molar-refractivity contribution in [2.75, 3.05) is 0 Å². The molecule has 0 bridgehead atoms. The predicted octanol–water partition coefficient (Wildman–Crippen LogP) is 10.1. The molecule has 0 spiro atoms. The van der Waals surface area contributed by atoms with Crippen molar-refractivity contribution in [2.45, 2.75) is 111 Å². The SMILES string of the molecule is CC(C)CCC[C@H](C)[C@H]1CC[C@H]2[C@@H]3CC[C@H]4c5nc6c(ccc7cccnc76)cc5CC[C@]4(C)[C@H]3CC[C@]12C. The lowest BCUT2D eigenvalue weighted by molar-refractivity contribution is -0.0903. The molecule has 0 aliphatic heterocycles. The molecule has 2 heterocycles. The lowest BCUT2D eigenvalue weighted by Crippen LogP contribution is -2.52. The third-order valence-electron chi connectivity index (χ3n) is 13.0. The smallest absolute Gasteiger partial charge is 0.0968 e. The number of rotatable bonds is 5. The summed E-state index contributed by atoms with van der Waals surface area (Å²) in [4.78, 5) is 10.3. The highest BCUT2D eigenvalue weighted by Gasteiger charge is 2.60. The molecule has 3 aromatic rings. The van der Waals surface area contributed by atoms with E-state index in [0.29, 0.717) is 16.7 Å². The zero-order valence-electron chi connectivity index (χ0n) is 25.2. The van der Waals surface area contributed by atoms with E-state index in [1.807, 2.05) is 12.3 Å². The molecule has 7 rings (SSSR count). The standard InChI is InChI=1S/C37H50N2/c1-23(2)8-6-9-24(3)29-15-16-30-28-13-14-32-33-27(17-19-37(32,5)31(28)18-20-36(29,30)4)22-26-12-11-25-10-7-21-38-34(25)35(26)39-33/h7,10-12,21-24,28-32H,6,8-9,13-20H2,1-5H3/t24-,28-,29+,30-,31-,32-,36+,37+/m0/s1. The first-order valence-electron chi connectivity index (χ1n) is 16.5. The molecule has 8 atom stereocenters. The van der Waals surface area contributed by atoms with Crippen LogP contribution in [-0.4, -0.2) is 9.97 Å². The molecule has 4 aliphatic rings. The Morgan fingerprint density at radius 3 is 2.51 bits per heavy atom. The highest BCUT2D eigenvalue weighted by Crippen LogP contribution is 2.69. The number of fused-ring (bicyclic) bond motifs is 10. The second kappa shape index (κ2) is 9.56. The van der Waals surface area contributed by atoms with E-state index in [2.05, 4.69) is 58.9 Å². The van der Waals surface area contributed by atoms with Crippen molar-refractivity contribution in [2.24, 2.45) is 46.3 Å². The maximum atomic E-state index is 5.50. The van der Waals surface area contributed by atoms with Crippen LogP contribution >= 0.6 is 0 Å². The summed E-state index contributed by atoms with van der Waals surface area (Å²) in [5.74, 6) is 6.06. The van der Waals surface area contributed by atoms with Crippen LogP contribution in [0.25, 0.3) is 21.8 Å².